The number of hydrogen-bond donors (Lipinski definition) is 0. The molecule has 0 bridgehead atoms. The lowest BCUT2D eigenvalue weighted by atomic mass is 10.1. The number of methoxy groups -OCH3 is 1. The Morgan fingerprint density at radius 2 is 1.56 bits per heavy atom. The topological polar surface area (TPSA) is 52.6 Å². The summed E-state index contributed by atoms with van der Waals surface area (Å²) >= 11 is 0. The van der Waals surface area contributed by atoms with Crippen LogP contribution in [0.5, 0.6) is 5.75 Å². The van der Waals surface area contributed by atoms with Crippen LogP contribution in [0.25, 0.3) is 10.8 Å². The van der Waals surface area contributed by atoms with E-state index in [-0.39, 0.29) is 11.1 Å². The van der Waals surface area contributed by atoms with Gasteiger partial charge in [0.2, 0.25) is 5.78 Å². The molecule has 0 spiro atoms. The van der Waals surface area contributed by atoms with Gasteiger partial charge in [0.25, 0.3) is 0 Å². The van der Waals surface area contributed by atoms with Gasteiger partial charge in [-0.1, -0.05) is 36.4 Å². The molecule has 3 aromatic rings. The van der Waals surface area contributed by atoms with Crippen LogP contribution in [-0.2, 0) is 4.74 Å². The number of benzene rings is 3. The van der Waals surface area contributed by atoms with Crippen LogP contribution in [0.15, 0.2) is 60.7 Å². The Morgan fingerprint density at radius 1 is 0.920 bits per heavy atom. The first kappa shape index (κ1) is 16.6. The molecule has 0 amide bonds. The molecule has 25 heavy (non-hydrogen) atoms. The van der Waals surface area contributed by atoms with Gasteiger partial charge in [-0.15, -0.1) is 0 Å². The van der Waals surface area contributed by atoms with Crippen LogP contribution >= 0.6 is 0 Å². The Bertz CT molecular complexity index is 949. The molecule has 0 saturated heterocycles. The second kappa shape index (κ2) is 7.13. The van der Waals surface area contributed by atoms with E-state index in [1.165, 1.54) is 25.3 Å². The predicted molar refractivity (Wildman–Crippen MR) is 91.5 cm³/mol. The van der Waals surface area contributed by atoms with Crippen LogP contribution in [0.2, 0.25) is 0 Å². The highest BCUT2D eigenvalue weighted by atomic mass is 19.1. The number of rotatable bonds is 5. The molecular formula is C20H15FO4. The summed E-state index contributed by atoms with van der Waals surface area (Å²) in [6.07, 6.45) is 0. The molecule has 0 aliphatic heterocycles. The molecule has 0 saturated carbocycles. The van der Waals surface area contributed by atoms with Crippen molar-refractivity contribution in [3.05, 3.63) is 77.6 Å². The summed E-state index contributed by atoms with van der Waals surface area (Å²) < 4.78 is 23.9. The van der Waals surface area contributed by atoms with Crippen molar-refractivity contribution in [1.29, 1.82) is 0 Å². The lowest BCUT2D eigenvalue weighted by molar-refractivity contribution is 0.0470. The molecule has 3 rings (SSSR count). The summed E-state index contributed by atoms with van der Waals surface area (Å²) in [5.41, 5.74) is 0.100. The smallest absolute Gasteiger partial charge is 0.342 e. The first-order valence-corrected chi connectivity index (χ1v) is 7.62. The zero-order valence-electron chi connectivity index (χ0n) is 13.5. The molecule has 0 fully saturated rings. The van der Waals surface area contributed by atoms with E-state index >= 15 is 0 Å². The Kier molecular flexibility index (Phi) is 4.75. The number of esters is 1. The molecule has 126 valence electrons. The van der Waals surface area contributed by atoms with E-state index in [1.54, 1.807) is 18.2 Å². The third-order valence-electron chi connectivity index (χ3n) is 3.80. The van der Waals surface area contributed by atoms with Gasteiger partial charge in [0.1, 0.15) is 17.1 Å². The Hall–Kier alpha value is -3.21. The minimum atomic E-state index is -0.702. The number of carbonyl (C=O) groups excluding carboxylic acids is 2. The fourth-order valence-electron chi connectivity index (χ4n) is 2.52. The largest absolute Gasteiger partial charge is 0.496 e. The maximum absolute atomic E-state index is 13.6. The van der Waals surface area contributed by atoms with Gasteiger partial charge in [-0.2, -0.15) is 0 Å². The normalized spacial score (nSPS) is 10.5. The molecule has 3 aromatic carbocycles. The molecule has 0 unspecified atom stereocenters. The fourth-order valence-corrected chi connectivity index (χ4v) is 2.52. The Balaban J connectivity index is 1.80. The van der Waals surface area contributed by atoms with Crippen molar-refractivity contribution >= 4 is 22.5 Å². The summed E-state index contributed by atoms with van der Waals surface area (Å²) in [6, 6.07) is 16.4. The molecule has 0 atom stereocenters. The molecule has 5 heteroatoms. The molecule has 4 nitrogen and oxygen atoms in total. The highest BCUT2D eigenvalue weighted by molar-refractivity contribution is 6.02. The zero-order chi connectivity index (χ0) is 17.8. The molecule has 0 aromatic heterocycles. The van der Waals surface area contributed by atoms with Crippen LogP contribution in [-0.4, -0.2) is 25.5 Å². The minimum Gasteiger partial charge on any atom is -0.496 e. The summed E-state index contributed by atoms with van der Waals surface area (Å²) in [5.74, 6) is -1.60. The van der Waals surface area contributed by atoms with Crippen molar-refractivity contribution in [3.8, 4) is 5.75 Å². The number of ketones is 1. The van der Waals surface area contributed by atoms with Crippen molar-refractivity contribution in [1.82, 2.24) is 0 Å². The quantitative estimate of drug-likeness (QED) is 0.521. The zero-order valence-corrected chi connectivity index (χ0v) is 13.5. The van der Waals surface area contributed by atoms with Crippen LogP contribution in [0.4, 0.5) is 4.39 Å². The SMILES string of the molecule is COc1cc2ccccc2cc1C(=O)OCC(=O)c1ccccc1F. The van der Waals surface area contributed by atoms with E-state index in [0.29, 0.717) is 5.75 Å². The van der Waals surface area contributed by atoms with E-state index in [9.17, 15) is 14.0 Å². The number of carbonyl (C=O) groups is 2. The summed E-state index contributed by atoms with van der Waals surface area (Å²) in [4.78, 5) is 24.4. The standard InChI is InChI=1S/C20H15FO4/c1-24-19-11-14-7-3-2-6-13(14)10-16(19)20(23)25-12-18(22)15-8-4-5-9-17(15)21/h2-11H,12H2,1H3. The first-order chi connectivity index (χ1) is 12.1. The van der Waals surface area contributed by atoms with Crippen LogP contribution in [0, 0.1) is 5.82 Å². The second-order valence-corrected chi connectivity index (χ2v) is 5.38. The third kappa shape index (κ3) is 3.50. The van der Waals surface area contributed by atoms with Crippen LogP contribution in [0.3, 0.4) is 0 Å². The van der Waals surface area contributed by atoms with Gasteiger partial charge in [-0.3, -0.25) is 4.79 Å². The highest BCUT2D eigenvalue weighted by Gasteiger charge is 2.18. The Labute approximate surface area is 143 Å². The molecule has 0 N–H and O–H groups in total. The van der Waals surface area contributed by atoms with Crippen molar-refractivity contribution in [2.45, 2.75) is 0 Å². The number of hydrogen-bond acceptors (Lipinski definition) is 4. The van der Waals surface area contributed by atoms with Crippen molar-refractivity contribution in [2.75, 3.05) is 13.7 Å². The summed E-state index contributed by atoms with van der Waals surface area (Å²) in [5, 5.41) is 1.76. The number of halogens is 1. The lowest BCUT2D eigenvalue weighted by Crippen LogP contribution is -2.16. The number of Topliss-reactive ketones (excluding diaryl/α,β-unsaturated/α-hetero) is 1. The van der Waals surface area contributed by atoms with Crippen molar-refractivity contribution in [3.63, 3.8) is 0 Å². The van der Waals surface area contributed by atoms with E-state index in [0.717, 1.165) is 10.8 Å². The van der Waals surface area contributed by atoms with Gasteiger partial charge in [-0.05, 0) is 35.0 Å². The van der Waals surface area contributed by atoms with Crippen LogP contribution < -0.4 is 4.74 Å². The van der Waals surface area contributed by atoms with E-state index in [1.807, 2.05) is 24.3 Å². The molecule has 0 aliphatic rings. The lowest BCUT2D eigenvalue weighted by Gasteiger charge is -2.10. The van der Waals surface area contributed by atoms with Crippen molar-refractivity contribution < 1.29 is 23.5 Å². The Morgan fingerprint density at radius 3 is 2.24 bits per heavy atom. The van der Waals surface area contributed by atoms with Gasteiger partial charge in [-0.25, -0.2) is 9.18 Å². The molecule has 0 aliphatic carbocycles. The maximum Gasteiger partial charge on any atom is 0.342 e. The van der Waals surface area contributed by atoms with Gasteiger partial charge in [0.15, 0.2) is 6.61 Å². The van der Waals surface area contributed by atoms with Crippen molar-refractivity contribution in [2.24, 2.45) is 0 Å². The van der Waals surface area contributed by atoms with E-state index in [2.05, 4.69) is 0 Å². The maximum atomic E-state index is 13.6. The van der Waals surface area contributed by atoms with Gasteiger partial charge in [0.05, 0.1) is 12.7 Å². The average Bonchev–Trinajstić information content (AvgIpc) is 2.65. The monoisotopic (exact) mass is 338 g/mol. The molecule has 0 radical (unpaired) electrons. The fraction of sp³-hybridized carbons (Fsp3) is 0.100. The van der Waals surface area contributed by atoms with Gasteiger partial charge >= 0.3 is 5.97 Å². The summed E-state index contributed by atoms with van der Waals surface area (Å²) in [6.45, 7) is -0.546. The second-order valence-electron chi connectivity index (χ2n) is 5.38. The van der Waals surface area contributed by atoms with Gasteiger partial charge in [0, 0.05) is 0 Å². The minimum absolute atomic E-state index is 0.110. The number of ether oxygens (including phenoxy) is 2. The average molecular weight is 338 g/mol. The predicted octanol–water partition coefficient (Wildman–Crippen LogP) is 4.03. The van der Waals surface area contributed by atoms with E-state index < -0.39 is 24.2 Å². The van der Waals surface area contributed by atoms with Crippen LogP contribution in [0.1, 0.15) is 20.7 Å². The molecule has 0 heterocycles. The van der Waals surface area contributed by atoms with E-state index in [4.69, 9.17) is 9.47 Å². The van der Waals surface area contributed by atoms with Gasteiger partial charge < -0.3 is 9.47 Å². The molecular weight excluding hydrogens is 323 g/mol. The number of fused-ring (bicyclic) bond motifs is 1. The third-order valence-corrected chi connectivity index (χ3v) is 3.80. The summed E-state index contributed by atoms with van der Waals surface area (Å²) in [7, 11) is 1.45. The highest BCUT2D eigenvalue weighted by Crippen LogP contribution is 2.26. The first-order valence-electron chi connectivity index (χ1n) is 7.62.